The van der Waals surface area contributed by atoms with Crippen molar-refractivity contribution in [1.82, 2.24) is 10.6 Å². The first-order valence-corrected chi connectivity index (χ1v) is 13.1. The van der Waals surface area contributed by atoms with Gasteiger partial charge in [0.05, 0.1) is 25.3 Å². The van der Waals surface area contributed by atoms with Gasteiger partial charge in [0.2, 0.25) is 0 Å². The molecule has 2 amide bonds. The number of rotatable bonds is 10. The van der Waals surface area contributed by atoms with Crippen molar-refractivity contribution >= 4 is 20.0 Å². The maximum absolute atomic E-state index is 13.0. The quantitative estimate of drug-likeness (QED) is 0.332. The molecule has 0 aromatic heterocycles. The van der Waals surface area contributed by atoms with E-state index in [1.54, 1.807) is 46.8 Å². The maximum atomic E-state index is 13.0. The third-order valence-electron chi connectivity index (χ3n) is 4.77. The molecule has 1 aromatic carbocycles. The lowest BCUT2D eigenvalue weighted by atomic mass is 9.86. The molecule has 0 spiro atoms. The van der Waals surface area contributed by atoms with Gasteiger partial charge in [-0.3, -0.25) is 13.6 Å². The minimum absolute atomic E-state index is 0.0170. The number of alkyl carbamates (subject to hydrolysis) is 2. The van der Waals surface area contributed by atoms with E-state index < -0.39 is 43.3 Å². The van der Waals surface area contributed by atoms with Gasteiger partial charge in [0.1, 0.15) is 18.3 Å². The van der Waals surface area contributed by atoms with Crippen LogP contribution in [-0.2, 0) is 34.2 Å². The largest absolute Gasteiger partial charge is 0.476 e. The number of carbonyl (C=O) groups is 2. The van der Waals surface area contributed by atoms with Crippen LogP contribution in [0.15, 0.2) is 42.5 Å². The van der Waals surface area contributed by atoms with Crippen LogP contribution in [0.5, 0.6) is 0 Å². The second-order valence-electron chi connectivity index (χ2n) is 8.92. The normalized spacial score (nSPS) is 21.8. The summed E-state index contributed by atoms with van der Waals surface area (Å²) in [5.41, 5.74) is -1.74. The van der Waals surface area contributed by atoms with Gasteiger partial charge in [-0.25, -0.2) is 14.2 Å². The van der Waals surface area contributed by atoms with E-state index in [-0.39, 0.29) is 26.2 Å². The molecular weight excluding hydrogens is 489 g/mol. The average molecular weight is 524 g/mol. The Morgan fingerprint density at radius 1 is 1.11 bits per heavy atom. The van der Waals surface area contributed by atoms with Gasteiger partial charge in [-0.1, -0.05) is 36.4 Å². The molecule has 0 fully saturated rings. The number of nitrogens with zero attached hydrogens (tertiary/aromatic N) is 1. The van der Waals surface area contributed by atoms with E-state index in [9.17, 15) is 19.4 Å². The van der Waals surface area contributed by atoms with Crippen molar-refractivity contribution in [2.75, 3.05) is 13.2 Å². The van der Waals surface area contributed by atoms with Crippen molar-refractivity contribution in [3.63, 3.8) is 0 Å². The smallest absolute Gasteiger partial charge is 0.445 e. The summed E-state index contributed by atoms with van der Waals surface area (Å²) in [6.07, 6.45) is 1.13. The highest BCUT2D eigenvalue weighted by atomic mass is 31.2. The lowest BCUT2D eigenvalue weighted by Gasteiger charge is -2.37. The number of hydrogen-bond acceptors (Lipinski definition) is 9. The van der Waals surface area contributed by atoms with Crippen molar-refractivity contribution in [2.45, 2.75) is 70.9 Å². The summed E-state index contributed by atoms with van der Waals surface area (Å²) in [5.74, 6) is 0. The average Bonchev–Trinajstić information content (AvgIpc) is 2.79. The molecule has 11 nitrogen and oxygen atoms in total. The second kappa shape index (κ2) is 12.9. The van der Waals surface area contributed by atoms with Gasteiger partial charge >= 0.3 is 20.0 Å². The molecule has 0 radical (unpaired) electrons. The van der Waals surface area contributed by atoms with Crippen LogP contribution < -0.4 is 10.6 Å². The first kappa shape index (κ1) is 29.3. The van der Waals surface area contributed by atoms with Crippen LogP contribution in [0.3, 0.4) is 0 Å². The van der Waals surface area contributed by atoms with Crippen molar-refractivity contribution < 1.29 is 37.2 Å². The van der Waals surface area contributed by atoms with Gasteiger partial charge in [-0.15, -0.1) is 0 Å². The fraction of sp³-hybridized carbons (Fsp3) is 0.542. The highest BCUT2D eigenvalue weighted by Gasteiger charge is 2.46. The Labute approximate surface area is 211 Å². The summed E-state index contributed by atoms with van der Waals surface area (Å²) in [6.45, 7) is 8.44. The zero-order valence-electron chi connectivity index (χ0n) is 21.2. The molecule has 0 bridgehead atoms. The minimum Gasteiger partial charge on any atom is -0.445 e. The molecule has 36 heavy (non-hydrogen) atoms. The molecule has 1 aliphatic carbocycles. The highest BCUT2D eigenvalue weighted by Crippen LogP contribution is 2.54. The molecule has 0 saturated carbocycles. The van der Waals surface area contributed by atoms with Crippen LogP contribution in [-0.4, -0.2) is 48.7 Å². The van der Waals surface area contributed by atoms with Crippen LogP contribution in [0.2, 0.25) is 0 Å². The summed E-state index contributed by atoms with van der Waals surface area (Å²) in [7, 11) is -4.09. The molecule has 2 rings (SSSR count). The molecular formula is C24H34N3O8P. The van der Waals surface area contributed by atoms with Crippen LogP contribution in [0.1, 0.15) is 46.6 Å². The van der Waals surface area contributed by atoms with Crippen LogP contribution >= 0.6 is 7.82 Å². The van der Waals surface area contributed by atoms with Gasteiger partial charge < -0.3 is 20.1 Å². The number of phosphoric acid groups is 1. The fourth-order valence-corrected chi connectivity index (χ4v) is 4.73. The molecule has 3 atom stereocenters. The topological polar surface area (TPSA) is 145 Å². The van der Waals surface area contributed by atoms with E-state index in [2.05, 4.69) is 10.6 Å². The molecule has 2 N–H and O–H groups in total. The van der Waals surface area contributed by atoms with E-state index >= 15 is 0 Å². The SMILES string of the molecule is CCOP(=O)(OCC)O[C@@]1(C#N)C=CC(NC(=O)OC(C)(C)C)C(NC(=O)OCc2ccccc2)C1. The maximum Gasteiger partial charge on any atom is 0.476 e. The zero-order valence-corrected chi connectivity index (χ0v) is 22.1. The first-order valence-electron chi connectivity index (χ1n) is 11.6. The van der Waals surface area contributed by atoms with Crippen LogP contribution in [0.25, 0.3) is 0 Å². The van der Waals surface area contributed by atoms with Gasteiger partial charge in [0.15, 0.2) is 5.60 Å². The summed E-state index contributed by atoms with van der Waals surface area (Å²) in [4.78, 5) is 25.0. The van der Waals surface area contributed by atoms with Crippen LogP contribution in [0, 0.1) is 11.3 Å². The number of benzene rings is 1. The Bertz CT molecular complexity index is 995. The summed E-state index contributed by atoms with van der Waals surface area (Å²) in [6, 6.07) is 9.40. The number of nitriles is 1. The van der Waals surface area contributed by atoms with Crippen molar-refractivity contribution in [3.05, 3.63) is 48.0 Å². The second-order valence-corrected chi connectivity index (χ2v) is 10.5. The minimum atomic E-state index is -4.09. The predicted molar refractivity (Wildman–Crippen MR) is 131 cm³/mol. The summed E-state index contributed by atoms with van der Waals surface area (Å²) in [5, 5.41) is 15.3. The Hall–Kier alpha value is -2.90. The molecule has 1 aromatic rings. The molecule has 1 aliphatic rings. The number of amides is 2. The highest BCUT2D eigenvalue weighted by molar-refractivity contribution is 7.48. The Balaban J connectivity index is 2.24. The third-order valence-corrected chi connectivity index (χ3v) is 6.47. The number of ether oxygens (including phenoxy) is 2. The number of hydrogen-bond donors (Lipinski definition) is 2. The lowest BCUT2D eigenvalue weighted by molar-refractivity contribution is 0.0422. The number of carbonyl (C=O) groups excluding carboxylic acids is 2. The monoisotopic (exact) mass is 523 g/mol. The molecule has 2 unspecified atom stereocenters. The molecule has 0 heterocycles. The van der Waals surface area contributed by atoms with E-state index in [4.69, 9.17) is 23.0 Å². The molecule has 0 saturated heterocycles. The third kappa shape index (κ3) is 9.28. The van der Waals surface area contributed by atoms with E-state index in [1.165, 1.54) is 12.2 Å². The standard InChI is InChI=1S/C24H34N3O8P/c1-6-32-36(30,33-7-2)35-24(17-25)14-13-19(26-22(29)34-23(3,4)5)20(15-24)27-21(28)31-16-18-11-9-8-10-12-18/h8-14,19-20H,6-7,15-16H2,1-5H3,(H,26,29)(H,27,28)/t19?,20?,24-/m0/s1. The molecule has 0 aliphatic heterocycles. The van der Waals surface area contributed by atoms with Crippen LogP contribution in [0.4, 0.5) is 9.59 Å². The van der Waals surface area contributed by atoms with E-state index in [0.717, 1.165) is 5.56 Å². The van der Waals surface area contributed by atoms with Gasteiger partial charge in [-0.2, -0.15) is 5.26 Å². The predicted octanol–water partition coefficient (Wildman–Crippen LogP) is 4.59. The number of phosphoric ester groups is 1. The van der Waals surface area contributed by atoms with E-state index in [0.29, 0.717) is 0 Å². The molecule has 12 heteroatoms. The first-order chi connectivity index (χ1) is 16.9. The van der Waals surface area contributed by atoms with Crippen molar-refractivity contribution in [2.24, 2.45) is 0 Å². The van der Waals surface area contributed by atoms with Gasteiger partial charge in [-0.05, 0) is 46.3 Å². The zero-order chi connectivity index (χ0) is 26.8. The van der Waals surface area contributed by atoms with Gasteiger partial charge in [0, 0.05) is 6.42 Å². The fourth-order valence-electron chi connectivity index (χ4n) is 3.34. The number of nitrogens with one attached hydrogen (secondary N) is 2. The Morgan fingerprint density at radius 3 is 2.31 bits per heavy atom. The summed E-state index contributed by atoms with van der Waals surface area (Å²) >= 11 is 0. The van der Waals surface area contributed by atoms with Crippen molar-refractivity contribution in [1.29, 1.82) is 5.26 Å². The Kier molecular flexibility index (Phi) is 10.5. The Morgan fingerprint density at radius 2 is 1.75 bits per heavy atom. The summed E-state index contributed by atoms with van der Waals surface area (Å²) < 4.78 is 39.6. The van der Waals surface area contributed by atoms with Gasteiger partial charge in [0.25, 0.3) is 0 Å². The van der Waals surface area contributed by atoms with E-state index in [1.807, 2.05) is 24.3 Å². The van der Waals surface area contributed by atoms with Crippen molar-refractivity contribution in [3.8, 4) is 6.07 Å². The lowest BCUT2D eigenvalue weighted by Crippen LogP contribution is -2.56. The molecule has 198 valence electrons.